The molecule has 0 N–H and O–H groups in total. The SMILES string of the molecule is Cc1cccc(C)c1C(COCc1ccccc1F)CN1CCCCC1.Cl. The maximum Gasteiger partial charge on any atom is 0.128 e. The normalized spacial score (nSPS) is 16.0. The van der Waals surface area contributed by atoms with Crippen LogP contribution in [0.25, 0.3) is 0 Å². The third kappa shape index (κ3) is 6.03. The van der Waals surface area contributed by atoms with Gasteiger partial charge in [0.2, 0.25) is 0 Å². The summed E-state index contributed by atoms with van der Waals surface area (Å²) in [6.07, 6.45) is 3.92. The summed E-state index contributed by atoms with van der Waals surface area (Å²) in [4.78, 5) is 2.56. The van der Waals surface area contributed by atoms with Crippen LogP contribution in [0, 0.1) is 19.7 Å². The summed E-state index contributed by atoms with van der Waals surface area (Å²) < 4.78 is 19.9. The van der Waals surface area contributed by atoms with Gasteiger partial charge in [0.05, 0.1) is 13.2 Å². The van der Waals surface area contributed by atoms with E-state index in [9.17, 15) is 4.39 Å². The van der Waals surface area contributed by atoms with Crippen molar-refractivity contribution < 1.29 is 9.13 Å². The first kappa shape index (κ1) is 21.9. The number of benzene rings is 2. The van der Waals surface area contributed by atoms with Gasteiger partial charge in [-0.1, -0.05) is 42.8 Å². The number of ether oxygens (including phenoxy) is 1. The van der Waals surface area contributed by atoms with Crippen LogP contribution in [-0.4, -0.2) is 31.1 Å². The fraction of sp³-hybridized carbons (Fsp3) is 0.478. The molecule has 1 saturated heterocycles. The van der Waals surface area contributed by atoms with Crippen LogP contribution < -0.4 is 0 Å². The van der Waals surface area contributed by atoms with Gasteiger partial charge in [0.1, 0.15) is 5.82 Å². The van der Waals surface area contributed by atoms with Crippen molar-refractivity contribution in [2.75, 3.05) is 26.2 Å². The molecular formula is C23H31ClFNO. The van der Waals surface area contributed by atoms with Crippen molar-refractivity contribution >= 4 is 12.4 Å². The summed E-state index contributed by atoms with van der Waals surface area (Å²) in [5.74, 6) is 0.133. The molecule has 0 saturated carbocycles. The zero-order valence-electron chi connectivity index (χ0n) is 16.4. The molecule has 0 radical (unpaired) electrons. The first-order valence-corrected chi connectivity index (χ1v) is 9.75. The van der Waals surface area contributed by atoms with Gasteiger partial charge in [0.15, 0.2) is 0 Å². The minimum Gasteiger partial charge on any atom is -0.376 e. The number of halogens is 2. The summed E-state index contributed by atoms with van der Waals surface area (Å²) in [5, 5.41) is 0. The Balaban J connectivity index is 0.00000261. The standard InChI is InChI=1S/C23H30FNO.ClH/c1-18-9-8-10-19(2)23(18)21(15-25-13-6-3-7-14-25)17-26-16-20-11-4-5-12-22(20)24;/h4-5,8-12,21H,3,6-7,13-17H2,1-2H3;1H. The Morgan fingerprint density at radius 1 is 0.963 bits per heavy atom. The van der Waals surface area contributed by atoms with E-state index in [2.05, 4.69) is 36.9 Å². The van der Waals surface area contributed by atoms with E-state index in [1.807, 2.05) is 6.07 Å². The highest BCUT2D eigenvalue weighted by Gasteiger charge is 2.21. The Hall–Kier alpha value is -1.42. The number of piperidine rings is 1. The van der Waals surface area contributed by atoms with Gasteiger partial charge >= 0.3 is 0 Å². The summed E-state index contributed by atoms with van der Waals surface area (Å²) in [7, 11) is 0. The van der Waals surface area contributed by atoms with Crippen molar-refractivity contribution in [3.63, 3.8) is 0 Å². The van der Waals surface area contributed by atoms with Crippen molar-refractivity contribution in [3.05, 3.63) is 70.5 Å². The Bertz CT molecular complexity index is 695. The van der Waals surface area contributed by atoms with E-state index in [1.165, 1.54) is 55.1 Å². The molecule has 0 spiro atoms. The number of hydrogen-bond acceptors (Lipinski definition) is 2. The molecule has 2 nitrogen and oxygen atoms in total. The molecule has 1 aliphatic rings. The Labute approximate surface area is 169 Å². The van der Waals surface area contributed by atoms with E-state index in [1.54, 1.807) is 12.1 Å². The van der Waals surface area contributed by atoms with E-state index < -0.39 is 0 Å². The molecule has 1 fully saturated rings. The molecule has 2 aromatic rings. The van der Waals surface area contributed by atoms with Gasteiger partial charge in [-0.05, 0) is 62.5 Å². The Morgan fingerprint density at radius 2 is 1.63 bits per heavy atom. The minimum atomic E-state index is -0.188. The molecule has 148 valence electrons. The summed E-state index contributed by atoms with van der Waals surface area (Å²) in [6.45, 7) is 8.68. The number of rotatable bonds is 7. The van der Waals surface area contributed by atoms with Crippen molar-refractivity contribution in [1.82, 2.24) is 4.90 Å². The van der Waals surface area contributed by atoms with Gasteiger partial charge in [0, 0.05) is 18.0 Å². The zero-order valence-corrected chi connectivity index (χ0v) is 17.2. The van der Waals surface area contributed by atoms with Crippen molar-refractivity contribution in [2.24, 2.45) is 0 Å². The average Bonchev–Trinajstić information content (AvgIpc) is 2.64. The number of nitrogens with zero attached hydrogens (tertiary/aromatic N) is 1. The molecule has 1 aliphatic heterocycles. The lowest BCUT2D eigenvalue weighted by atomic mass is 9.90. The van der Waals surface area contributed by atoms with Crippen molar-refractivity contribution in [1.29, 1.82) is 0 Å². The van der Waals surface area contributed by atoms with E-state index in [0.29, 0.717) is 24.7 Å². The van der Waals surface area contributed by atoms with E-state index in [4.69, 9.17) is 4.74 Å². The lowest BCUT2D eigenvalue weighted by Gasteiger charge is -2.32. The molecule has 1 atom stereocenters. The van der Waals surface area contributed by atoms with Gasteiger partial charge in [-0.15, -0.1) is 12.4 Å². The van der Waals surface area contributed by atoms with Gasteiger partial charge in [0.25, 0.3) is 0 Å². The fourth-order valence-electron chi connectivity index (χ4n) is 4.08. The summed E-state index contributed by atoms with van der Waals surface area (Å²) in [6, 6.07) is 13.4. The molecular weight excluding hydrogens is 361 g/mol. The third-order valence-electron chi connectivity index (χ3n) is 5.41. The molecule has 3 rings (SSSR count). The van der Waals surface area contributed by atoms with Gasteiger partial charge in [-0.3, -0.25) is 0 Å². The van der Waals surface area contributed by atoms with Crippen molar-refractivity contribution in [3.8, 4) is 0 Å². The van der Waals surface area contributed by atoms with Crippen LogP contribution in [0.3, 0.4) is 0 Å². The predicted molar refractivity (Wildman–Crippen MR) is 112 cm³/mol. The van der Waals surface area contributed by atoms with Gasteiger partial charge < -0.3 is 9.64 Å². The van der Waals surface area contributed by atoms with Crippen LogP contribution in [0.1, 0.15) is 47.4 Å². The molecule has 2 aromatic carbocycles. The maximum absolute atomic E-state index is 13.8. The molecule has 0 aliphatic carbocycles. The van der Waals surface area contributed by atoms with Crippen LogP contribution in [0.5, 0.6) is 0 Å². The predicted octanol–water partition coefficient (Wildman–Crippen LogP) is 5.65. The van der Waals surface area contributed by atoms with Gasteiger partial charge in [-0.2, -0.15) is 0 Å². The number of aryl methyl sites for hydroxylation is 2. The van der Waals surface area contributed by atoms with Gasteiger partial charge in [-0.25, -0.2) is 4.39 Å². The largest absolute Gasteiger partial charge is 0.376 e. The average molecular weight is 392 g/mol. The molecule has 4 heteroatoms. The van der Waals surface area contributed by atoms with E-state index in [-0.39, 0.29) is 18.2 Å². The number of hydrogen-bond donors (Lipinski definition) is 0. The molecule has 0 aromatic heterocycles. The first-order chi connectivity index (χ1) is 12.6. The topological polar surface area (TPSA) is 12.5 Å². The lowest BCUT2D eigenvalue weighted by Crippen LogP contribution is -2.35. The molecule has 0 amide bonds. The smallest absolute Gasteiger partial charge is 0.128 e. The molecule has 1 unspecified atom stereocenters. The van der Waals surface area contributed by atoms with E-state index >= 15 is 0 Å². The van der Waals surface area contributed by atoms with E-state index in [0.717, 1.165) is 6.54 Å². The summed E-state index contributed by atoms with van der Waals surface area (Å²) in [5.41, 5.74) is 4.67. The summed E-state index contributed by atoms with van der Waals surface area (Å²) >= 11 is 0. The lowest BCUT2D eigenvalue weighted by molar-refractivity contribution is 0.0884. The van der Waals surface area contributed by atoms with Crippen LogP contribution in [0.15, 0.2) is 42.5 Å². The highest BCUT2D eigenvalue weighted by Crippen LogP contribution is 2.27. The molecule has 1 heterocycles. The zero-order chi connectivity index (χ0) is 18.4. The fourth-order valence-corrected chi connectivity index (χ4v) is 4.08. The number of likely N-dealkylation sites (tertiary alicyclic amines) is 1. The van der Waals surface area contributed by atoms with Crippen LogP contribution in [-0.2, 0) is 11.3 Å². The highest BCUT2D eigenvalue weighted by atomic mass is 35.5. The van der Waals surface area contributed by atoms with Crippen molar-refractivity contribution in [2.45, 2.75) is 45.6 Å². The first-order valence-electron chi connectivity index (χ1n) is 9.75. The quantitative estimate of drug-likeness (QED) is 0.604. The second kappa shape index (κ2) is 10.8. The van der Waals surface area contributed by atoms with Crippen LogP contribution in [0.2, 0.25) is 0 Å². The van der Waals surface area contributed by atoms with Crippen LogP contribution >= 0.6 is 12.4 Å². The third-order valence-corrected chi connectivity index (χ3v) is 5.41. The second-order valence-electron chi connectivity index (χ2n) is 7.47. The monoisotopic (exact) mass is 391 g/mol. The minimum absolute atomic E-state index is 0. The molecule has 0 bridgehead atoms. The Morgan fingerprint density at radius 3 is 2.30 bits per heavy atom. The van der Waals surface area contributed by atoms with Crippen LogP contribution in [0.4, 0.5) is 4.39 Å². The maximum atomic E-state index is 13.8. The Kier molecular flexibility index (Phi) is 8.75. The second-order valence-corrected chi connectivity index (χ2v) is 7.47. The highest BCUT2D eigenvalue weighted by molar-refractivity contribution is 5.85. The molecule has 27 heavy (non-hydrogen) atoms.